The van der Waals surface area contributed by atoms with Gasteiger partial charge in [-0.15, -0.1) is 0 Å². The van der Waals surface area contributed by atoms with Crippen molar-refractivity contribution in [2.45, 2.75) is 45.8 Å². The molecule has 130 valence electrons. The molecule has 0 aromatic rings. The lowest BCUT2D eigenvalue weighted by molar-refractivity contribution is 0.0205. The van der Waals surface area contributed by atoms with Crippen molar-refractivity contribution in [3.63, 3.8) is 0 Å². The highest BCUT2D eigenvalue weighted by Crippen LogP contribution is 2.20. The minimum absolute atomic E-state index is 0.0950. The first kappa shape index (κ1) is 19.2. The summed E-state index contributed by atoms with van der Waals surface area (Å²) in [7, 11) is 3.53. The molecule has 6 heteroatoms. The number of nitrogens with zero attached hydrogens (tertiary/aromatic N) is 1. The SMILES string of the molecule is CN=C(NCCCOC1CCOC1)NCC(OC)C(C)(C)C. The van der Waals surface area contributed by atoms with E-state index < -0.39 is 0 Å². The van der Waals surface area contributed by atoms with E-state index in [2.05, 4.69) is 36.4 Å². The van der Waals surface area contributed by atoms with E-state index in [1.165, 1.54) is 0 Å². The van der Waals surface area contributed by atoms with E-state index >= 15 is 0 Å². The molecule has 0 aromatic heterocycles. The Morgan fingerprint density at radius 3 is 2.68 bits per heavy atom. The number of methoxy groups -OCH3 is 1. The molecular weight excluding hydrogens is 282 g/mol. The lowest BCUT2D eigenvalue weighted by atomic mass is 9.89. The fourth-order valence-corrected chi connectivity index (χ4v) is 2.33. The predicted octanol–water partition coefficient (Wildman–Crippen LogP) is 1.41. The molecule has 0 aliphatic carbocycles. The number of ether oxygens (including phenoxy) is 3. The Hall–Kier alpha value is -0.850. The van der Waals surface area contributed by atoms with Gasteiger partial charge in [0.25, 0.3) is 0 Å². The Morgan fingerprint density at radius 2 is 2.14 bits per heavy atom. The van der Waals surface area contributed by atoms with Crippen molar-refractivity contribution in [3.8, 4) is 0 Å². The van der Waals surface area contributed by atoms with Crippen LogP contribution in [0.1, 0.15) is 33.6 Å². The van der Waals surface area contributed by atoms with Gasteiger partial charge < -0.3 is 24.8 Å². The summed E-state index contributed by atoms with van der Waals surface area (Å²) in [5.41, 5.74) is 0.0950. The van der Waals surface area contributed by atoms with E-state index in [4.69, 9.17) is 14.2 Å². The van der Waals surface area contributed by atoms with Gasteiger partial charge >= 0.3 is 0 Å². The summed E-state index contributed by atoms with van der Waals surface area (Å²) in [6.07, 6.45) is 2.38. The molecule has 2 atom stereocenters. The van der Waals surface area contributed by atoms with Crippen LogP contribution in [0.5, 0.6) is 0 Å². The predicted molar refractivity (Wildman–Crippen MR) is 89.4 cm³/mol. The molecule has 0 bridgehead atoms. The summed E-state index contributed by atoms with van der Waals surface area (Å²) < 4.78 is 16.5. The summed E-state index contributed by atoms with van der Waals surface area (Å²) in [6.45, 7) is 10.4. The van der Waals surface area contributed by atoms with Gasteiger partial charge in [-0.3, -0.25) is 4.99 Å². The van der Waals surface area contributed by atoms with Gasteiger partial charge in [0.05, 0.1) is 18.8 Å². The molecule has 2 N–H and O–H groups in total. The summed E-state index contributed by atoms with van der Waals surface area (Å²) in [5.74, 6) is 0.801. The first-order chi connectivity index (χ1) is 10.5. The number of aliphatic imine (C=N–C) groups is 1. The summed E-state index contributed by atoms with van der Waals surface area (Å²) in [4.78, 5) is 4.23. The molecule has 1 fully saturated rings. The first-order valence-electron chi connectivity index (χ1n) is 8.14. The Kier molecular flexibility index (Phi) is 8.75. The Balaban J connectivity index is 2.13. The number of hydrogen-bond donors (Lipinski definition) is 2. The van der Waals surface area contributed by atoms with E-state index in [1.54, 1.807) is 14.2 Å². The minimum atomic E-state index is 0.0950. The molecule has 0 saturated carbocycles. The van der Waals surface area contributed by atoms with Crippen molar-refractivity contribution in [1.29, 1.82) is 0 Å². The zero-order valence-electron chi connectivity index (χ0n) is 14.8. The van der Waals surface area contributed by atoms with Crippen LogP contribution in [0.3, 0.4) is 0 Å². The normalized spacial score (nSPS) is 21.0. The van der Waals surface area contributed by atoms with Gasteiger partial charge in [-0.1, -0.05) is 20.8 Å². The van der Waals surface area contributed by atoms with Crippen molar-refractivity contribution < 1.29 is 14.2 Å². The number of guanidine groups is 1. The number of nitrogens with one attached hydrogen (secondary N) is 2. The molecule has 1 saturated heterocycles. The Morgan fingerprint density at radius 1 is 1.36 bits per heavy atom. The lowest BCUT2D eigenvalue weighted by Gasteiger charge is -2.30. The van der Waals surface area contributed by atoms with Crippen LogP contribution < -0.4 is 10.6 Å². The minimum Gasteiger partial charge on any atom is -0.379 e. The van der Waals surface area contributed by atoms with Gasteiger partial charge in [0.15, 0.2) is 5.96 Å². The van der Waals surface area contributed by atoms with Gasteiger partial charge in [0.1, 0.15) is 0 Å². The zero-order chi connectivity index (χ0) is 16.4. The second-order valence-electron chi connectivity index (χ2n) is 6.68. The second-order valence-corrected chi connectivity index (χ2v) is 6.68. The van der Waals surface area contributed by atoms with Crippen LogP contribution in [0.4, 0.5) is 0 Å². The fourth-order valence-electron chi connectivity index (χ4n) is 2.33. The average molecular weight is 315 g/mol. The van der Waals surface area contributed by atoms with Gasteiger partial charge in [-0.2, -0.15) is 0 Å². The molecule has 2 unspecified atom stereocenters. The van der Waals surface area contributed by atoms with Gasteiger partial charge in [-0.05, 0) is 18.3 Å². The summed E-state index contributed by atoms with van der Waals surface area (Å²) in [6, 6.07) is 0. The van der Waals surface area contributed by atoms with Gasteiger partial charge in [0.2, 0.25) is 0 Å². The topological polar surface area (TPSA) is 64.1 Å². The molecule has 1 aliphatic rings. The van der Waals surface area contributed by atoms with Gasteiger partial charge in [0, 0.05) is 40.5 Å². The Bertz CT molecular complexity index is 323. The monoisotopic (exact) mass is 315 g/mol. The van der Waals surface area contributed by atoms with Crippen LogP contribution in [0.2, 0.25) is 0 Å². The van der Waals surface area contributed by atoms with Crippen molar-refractivity contribution in [2.24, 2.45) is 10.4 Å². The average Bonchev–Trinajstić information content (AvgIpc) is 2.97. The first-order valence-corrected chi connectivity index (χ1v) is 8.14. The van der Waals surface area contributed by atoms with Crippen LogP contribution in [0.25, 0.3) is 0 Å². The largest absolute Gasteiger partial charge is 0.379 e. The van der Waals surface area contributed by atoms with Crippen LogP contribution in [-0.4, -0.2) is 65.2 Å². The highest BCUT2D eigenvalue weighted by atomic mass is 16.5. The van der Waals surface area contributed by atoms with Crippen molar-refractivity contribution in [3.05, 3.63) is 0 Å². The van der Waals surface area contributed by atoms with Crippen molar-refractivity contribution >= 4 is 5.96 Å². The zero-order valence-corrected chi connectivity index (χ0v) is 14.8. The third-order valence-electron chi connectivity index (χ3n) is 3.78. The van der Waals surface area contributed by atoms with Crippen molar-refractivity contribution in [1.82, 2.24) is 10.6 Å². The van der Waals surface area contributed by atoms with Crippen LogP contribution >= 0.6 is 0 Å². The quantitative estimate of drug-likeness (QED) is 0.403. The maximum atomic E-state index is 5.73. The highest BCUT2D eigenvalue weighted by Gasteiger charge is 2.24. The smallest absolute Gasteiger partial charge is 0.191 e. The molecule has 0 radical (unpaired) electrons. The third-order valence-corrected chi connectivity index (χ3v) is 3.78. The van der Waals surface area contributed by atoms with E-state index in [0.29, 0.717) is 0 Å². The van der Waals surface area contributed by atoms with Crippen LogP contribution in [0, 0.1) is 5.41 Å². The molecule has 6 nitrogen and oxygen atoms in total. The van der Waals surface area contributed by atoms with Crippen molar-refractivity contribution in [2.75, 3.05) is 47.1 Å². The summed E-state index contributed by atoms with van der Waals surface area (Å²) in [5, 5.41) is 6.61. The van der Waals surface area contributed by atoms with Gasteiger partial charge in [-0.25, -0.2) is 0 Å². The van der Waals surface area contributed by atoms with E-state index in [0.717, 1.165) is 51.7 Å². The molecule has 0 aromatic carbocycles. The second kappa shape index (κ2) is 10.0. The Labute approximate surface area is 135 Å². The maximum absolute atomic E-state index is 5.73. The number of hydrogen-bond acceptors (Lipinski definition) is 4. The maximum Gasteiger partial charge on any atom is 0.191 e. The molecule has 1 aliphatic heterocycles. The number of rotatable bonds is 8. The standard InChI is InChI=1S/C16H33N3O3/c1-16(2,3)14(20-5)11-19-15(17-4)18-8-6-9-22-13-7-10-21-12-13/h13-14H,6-12H2,1-5H3,(H2,17,18,19). The van der Waals surface area contributed by atoms with E-state index in [9.17, 15) is 0 Å². The third kappa shape index (κ3) is 7.42. The molecular formula is C16H33N3O3. The molecule has 22 heavy (non-hydrogen) atoms. The van der Waals surface area contributed by atoms with Crippen LogP contribution in [-0.2, 0) is 14.2 Å². The fraction of sp³-hybridized carbons (Fsp3) is 0.938. The molecule has 0 spiro atoms. The van der Waals surface area contributed by atoms with E-state index in [-0.39, 0.29) is 17.6 Å². The lowest BCUT2D eigenvalue weighted by Crippen LogP contribution is -2.45. The summed E-state index contributed by atoms with van der Waals surface area (Å²) >= 11 is 0. The molecule has 1 heterocycles. The molecule has 0 amide bonds. The highest BCUT2D eigenvalue weighted by molar-refractivity contribution is 5.79. The van der Waals surface area contributed by atoms with E-state index in [1.807, 2.05) is 0 Å². The molecule has 1 rings (SSSR count). The van der Waals surface area contributed by atoms with Crippen LogP contribution in [0.15, 0.2) is 4.99 Å².